The van der Waals surface area contributed by atoms with Gasteiger partial charge in [-0.2, -0.15) is 0 Å². The molecular formula is C20H26N6. The van der Waals surface area contributed by atoms with Gasteiger partial charge in [-0.3, -0.25) is 0 Å². The van der Waals surface area contributed by atoms with Crippen LogP contribution in [0.25, 0.3) is 0 Å². The van der Waals surface area contributed by atoms with E-state index in [-0.39, 0.29) is 0 Å². The van der Waals surface area contributed by atoms with Crippen molar-refractivity contribution >= 4 is 11.8 Å². The molecule has 0 radical (unpaired) electrons. The lowest BCUT2D eigenvalue weighted by molar-refractivity contribution is 0.533. The van der Waals surface area contributed by atoms with Crippen molar-refractivity contribution in [2.45, 2.75) is 38.5 Å². The van der Waals surface area contributed by atoms with Crippen molar-refractivity contribution in [1.29, 1.82) is 0 Å². The predicted molar refractivity (Wildman–Crippen MR) is 102 cm³/mol. The Hall–Kier alpha value is -2.24. The van der Waals surface area contributed by atoms with Crippen LogP contribution in [0.5, 0.6) is 0 Å². The number of aromatic nitrogens is 4. The van der Waals surface area contributed by atoms with Crippen LogP contribution in [0, 0.1) is 11.8 Å². The Balaban J connectivity index is 1.25. The molecule has 2 atom stereocenters. The summed E-state index contributed by atoms with van der Waals surface area (Å²) in [6, 6.07) is 2.16. The maximum absolute atomic E-state index is 4.64. The molecule has 1 saturated carbocycles. The molecule has 6 nitrogen and oxygen atoms in total. The van der Waals surface area contributed by atoms with E-state index >= 15 is 0 Å². The van der Waals surface area contributed by atoms with Crippen molar-refractivity contribution < 1.29 is 0 Å². The van der Waals surface area contributed by atoms with Gasteiger partial charge in [0.15, 0.2) is 0 Å². The number of hydrogen-bond donors (Lipinski definition) is 0. The average molecular weight is 350 g/mol. The molecule has 1 aliphatic carbocycles. The molecule has 2 aromatic rings. The van der Waals surface area contributed by atoms with Crippen LogP contribution < -0.4 is 9.80 Å². The Bertz CT molecular complexity index is 771. The predicted octanol–water partition coefficient (Wildman–Crippen LogP) is 2.84. The Kier molecular flexibility index (Phi) is 3.80. The van der Waals surface area contributed by atoms with Gasteiger partial charge in [0.05, 0.1) is 0 Å². The first kappa shape index (κ1) is 16.0. The van der Waals surface area contributed by atoms with E-state index in [9.17, 15) is 0 Å². The second-order valence-corrected chi connectivity index (χ2v) is 8.38. The molecule has 0 N–H and O–H groups in total. The molecule has 0 spiro atoms. The Morgan fingerprint density at radius 3 is 2.15 bits per heavy atom. The van der Waals surface area contributed by atoms with Crippen LogP contribution in [0.2, 0.25) is 0 Å². The van der Waals surface area contributed by atoms with E-state index in [4.69, 9.17) is 0 Å². The molecule has 2 aliphatic heterocycles. The Morgan fingerprint density at radius 2 is 1.54 bits per heavy atom. The van der Waals surface area contributed by atoms with Crippen molar-refractivity contribution in [1.82, 2.24) is 19.9 Å². The van der Waals surface area contributed by atoms with Gasteiger partial charge in [0.2, 0.25) is 5.95 Å². The van der Waals surface area contributed by atoms with Crippen molar-refractivity contribution in [3.8, 4) is 0 Å². The first-order valence-corrected chi connectivity index (χ1v) is 9.81. The van der Waals surface area contributed by atoms with E-state index in [0.717, 1.165) is 49.6 Å². The van der Waals surface area contributed by atoms with Gasteiger partial charge in [-0.1, -0.05) is 13.8 Å². The van der Waals surface area contributed by atoms with Crippen LogP contribution in [-0.2, 0) is 0 Å². The van der Waals surface area contributed by atoms with E-state index in [0.29, 0.717) is 17.8 Å². The van der Waals surface area contributed by atoms with E-state index in [1.165, 1.54) is 18.4 Å². The summed E-state index contributed by atoms with van der Waals surface area (Å²) >= 11 is 0. The summed E-state index contributed by atoms with van der Waals surface area (Å²) in [6.07, 6.45) is 8.38. The third-order valence-electron chi connectivity index (χ3n) is 6.07. The zero-order valence-electron chi connectivity index (χ0n) is 15.5. The average Bonchev–Trinajstić information content (AvgIpc) is 3.32. The number of anilines is 2. The minimum atomic E-state index is 0.435. The molecule has 5 rings (SSSR count). The zero-order valence-corrected chi connectivity index (χ0v) is 15.5. The third kappa shape index (κ3) is 2.91. The van der Waals surface area contributed by atoms with Gasteiger partial charge in [-0.05, 0) is 30.2 Å². The monoisotopic (exact) mass is 350 g/mol. The second kappa shape index (κ2) is 6.18. The largest absolute Gasteiger partial charge is 0.356 e. The zero-order chi connectivity index (χ0) is 17.7. The van der Waals surface area contributed by atoms with E-state index in [1.54, 1.807) is 6.33 Å². The summed E-state index contributed by atoms with van der Waals surface area (Å²) in [7, 11) is 0. The van der Waals surface area contributed by atoms with Gasteiger partial charge in [0.1, 0.15) is 12.1 Å². The van der Waals surface area contributed by atoms with Crippen LogP contribution >= 0.6 is 0 Å². The number of nitrogens with zero attached hydrogens (tertiary/aromatic N) is 6. The summed E-state index contributed by atoms with van der Waals surface area (Å²) in [4.78, 5) is 23.0. The van der Waals surface area contributed by atoms with Gasteiger partial charge in [0.25, 0.3) is 0 Å². The summed E-state index contributed by atoms with van der Waals surface area (Å²) in [5.41, 5.74) is 2.43. The highest BCUT2D eigenvalue weighted by molar-refractivity contribution is 5.43. The molecule has 136 valence electrons. The fourth-order valence-corrected chi connectivity index (χ4v) is 4.32. The highest BCUT2D eigenvalue weighted by Crippen LogP contribution is 2.40. The van der Waals surface area contributed by atoms with E-state index < -0.39 is 0 Å². The van der Waals surface area contributed by atoms with Crippen molar-refractivity contribution in [3.63, 3.8) is 0 Å². The van der Waals surface area contributed by atoms with Crippen LogP contribution in [0.3, 0.4) is 0 Å². The van der Waals surface area contributed by atoms with Gasteiger partial charge < -0.3 is 9.80 Å². The fraction of sp³-hybridized carbons (Fsp3) is 0.600. The Labute approximate surface area is 154 Å². The molecule has 26 heavy (non-hydrogen) atoms. The maximum Gasteiger partial charge on any atom is 0.225 e. The van der Waals surface area contributed by atoms with Gasteiger partial charge >= 0.3 is 0 Å². The molecule has 6 heteroatoms. The number of hydrogen-bond acceptors (Lipinski definition) is 6. The lowest BCUT2D eigenvalue weighted by Gasteiger charge is -2.23. The molecule has 2 aromatic heterocycles. The minimum absolute atomic E-state index is 0.435. The molecule has 3 fully saturated rings. The topological polar surface area (TPSA) is 58.0 Å². The highest BCUT2D eigenvalue weighted by atomic mass is 15.3. The van der Waals surface area contributed by atoms with Crippen LogP contribution in [-0.4, -0.2) is 46.1 Å². The summed E-state index contributed by atoms with van der Waals surface area (Å²) in [6.45, 7) is 8.58. The smallest absolute Gasteiger partial charge is 0.225 e. The molecule has 3 aliphatic rings. The number of rotatable bonds is 4. The maximum atomic E-state index is 4.64. The summed E-state index contributed by atoms with van der Waals surface area (Å²) in [5, 5.41) is 0. The standard InChI is InChI=1S/C20H26N6/c1-13(2)18-5-19(24-12-23-18)25-8-16-10-26(11-17(16)9-25)20-21-6-15(7-22-20)14-3-4-14/h5-7,12-14,16-17H,3-4,8-11H2,1-2H3. The normalized spacial score (nSPS) is 25.2. The molecule has 4 heterocycles. The molecule has 0 bridgehead atoms. The quantitative estimate of drug-likeness (QED) is 0.845. The molecular weight excluding hydrogens is 324 g/mol. The SMILES string of the molecule is CC(C)c1cc(N2CC3CN(c4ncc(C5CC5)cn4)CC3C2)ncn1. The van der Waals surface area contributed by atoms with Crippen LogP contribution in [0.15, 0.2) is 24.8 Å². The van der Waals surface area contributed by atoms with E-state index in [1.807, 2.05) is 12.4 Å². The van der Waals surface area contributed by atoms with Crippen molar-refractivity contribution in [2.24, 2.45) is 11.8 Å². The van der Waals surface area contributed by atoms with Gasteiger partial charge in [0, 0.05) is 62.2 Å². The second-order valence-electron chi connectivity index (χ2n) is 8.38. The molecule has 2 saturated heterocycles. The first-order chi connectivity index (χ1) is 12.7. The van der Waals surface area contributed by atoms with E-state index in [2.05, 4.69) is 49.6 Å². The minimum Gasteiger partial charge on any atom is -0.356 e. The van der Waals surface area contributed by atoms with Crippen LogP contribution in [0.1, 0.15) is 49.8 Å². The van der Waals surface area contributed by atoms with Crippen LogP contribution in [0.4, 0.5) is 11.8 Å². The highest BCUT2D eigenvalue weighted by Gasteiger charge is 2.41. The summed E-state index contributed by atoms with van der Waals surface area (Å²) in [5.74, 6) is 4.47. The van der Waals surface area contributed by atoms with Gasteiger partial charge in [-0.15, -0.1) is 0 Å². The number of fused-ring (bicyclic) bond motifs is 1. The summed E-state index contributed by atoms with van der Waals surface area (Å²) < 4.78 is 0. The lowest BCUT2D eigenvalue weighted by Crippen LogP contribution is -2.30. The lowest BCUT2D eigenvalue weighted by atomic mass is 10.0. The third-order valence-corrected chi connectivity index (χ3v) is 6.07. The molecule has 0 aromatic carbocycles. The molecule has 0 amide bonds. The van der Waals surface area contributed by atoms with Gasteiger partial charge in [-0.25, -0.2) is 19.9 Å². The Morgan fingerprint density at radius 1 is 0.885 bits per heavy atom. The van der Waals surface area contributed by atoms with Crippen molar-refractivity contribution in [2.75, 3.05) is 36.0 Å². The first-order valence-electron chi connectivity index (χ1n) is 9.81. The fourth-order valence-electron chi connectivity index (χ4n) is 4.32. The van der Waals surface area contributed by atoms with Crippen molar-refractivity contribution in [3.05, 3.63) is 36.0 Å². The molecule has 2 unspecified atom stereocenters.